The fourth-order valence-electron chi connectivity index (χ4n) is 3.54. The smallest absolute Gasteiger partial charge is 0.331 e. The molecule has 0 unspecified atom stereocenters. The van der Waals surface area contributed by atoms with Crippen molar-refractivity contribution in [2.75, 3.05) is 40.4 Å². The zero-order valence-electron chi connectivity index (χ0n) is 21.2. The number of hydrogen-bond donors (Lipinski definition) is 0. The van der Waals surface area contributed by atoms with E-state index in [2.05, 4.69) is 13.5 Å². The maximum atomic E-state index is 11.7. The number of rotatable bonds is 22. The molecule has 0 saturated carbocycles. The highest BCUT2D eigenvalue weighted by Gasteiger charge is 2.13. The molecule has 0 aromatic heterocycles. The van der Waals surface area contributed by atoms with Crippen molar-refractivity contribution in [2.45, 2.75) is 96.8 Å². The van der Waals surface area contributed by atoms with E-state index in [9.17, 15) is 9.59 Å². The summed E-state index contributed by atoms with van der Waals surface area (Å²) in [6.07, 6.45) is 22.3. The summed E-state index contributed by atoms with van der Waals surface area (Å²) < 4.78 is 11.0. The van der Waals surface area contributed by atoms with Crippen LogP contribution in [-0.4, -0.2) is 56.8 Å². The second-order valence-corrected chi connectivity index (χ2v) is 9.40. The Bertz CT molecular complexity index is 514. The van der Waals surface area contributed by atoms with Crippen LogP contribution >= 0.6 is 0 Å². The number of nitrogens with zero attached hydrogens (tertiary/aromatic N) is 1. The predicted molar refractivity (Wildman–Crippen MR) is 133 cm³/mol. The van der Waals surface area contributed by atoms with Crippen molar-refractivity contribution in [1.82, 2.24) is 0 Å². The molecule has 0 aliphatic rings. The highest BCUT2D eigenvalue weighted by Crippen LogP contribution is 2.13. The Labute approximate surface area is 197 Å². The van der Waals surface area contributed by atoms with Gasteiger partial charge in [0.2, 0.25) is 0 Å². The van der Waals surface area contributed by atoms with Crippen molar-refractivity contribution in [3.63, 3.8) is 0 Å². The van der Waals surface area contributed by atoms with Crippen molar-refractivity contribution in [3.05, 3.63) is 24.8 Å². The van der Waals surface area contributed by atoms with E-state index in [-0.39, 0.29) is 0 Å². The zero-order chi connectivity index (χ0) is 23.9. The second-order valence-electron chi connectivity index (χ2n) is 9.40. The van der Waals surface area contributed by atoms with Gasteiger partial charge < -0.3 is 14.0 Å². The second kappa shape index (κ2) is 21.2. The van der Waals surface area contributed by atoms with Gasteiger partial charge in [0.25, 0.3) is 0 Å². The Morgan fingerprint density at radius 3 is 1.53 bits per heavy atom. The van der Waals surface area contributed by atoms with E-state index in [4.69, 9.17) is 9.47 Å². The first-order chi connectivity index (χ1) is 15.4. The molecule has 0 spiro atoms. The quantitative estimate of drug-likeness (QED) is 0.0629. The Balaban J connectivity index is 3.48. The van der Waals surface area contributed by atoms with E-state index in [1.165, 1.54) is 77.0 Å². The van der Waals surface area contributed by atoms with Gasteiger partial charge in [-0.25, -0.2) is 9.59 Å². The summed E-state index contributed by atoms with van der Waals surface area (Å²) in [6.45, 7) is 8.19. The SMILES string of the molecule is C=CC[N+](C)(C)CCOC(=O)/C=C\C(=O)OCCCCCCCCCCCCCCCC. The molecule has 0 aromatic rings. The van der Waals surface area contributed by atoms with Gasteiger partial charge in [0.1, 0.15) is 13.2 Å². The van der Waals surface area contributed by atoms with Gasteiger partial charge in [-0.05, 0) is 12.5 Å². The van der Waals surface area contributed by atoms with Gasteiger partial charge in [-0.3, -0.25) is 0 Å². The van der Waals surface area contributed by atoms with Crippen molar-refractivity contribution in [1.29, 1.82) is 0 Å². The van der Waals surface area contributed by atoms with Crippen molar-refractivity contribution >= 4 is 11.9 Å². The predicted octanol–water partition coefficient (Wildman–Crippen LogP) is 6.37. The van der Waals surface area contributed by atoms with Crippen LogP contribution in [0.1, 0.15) is 96.8 Å². The Kier molecular flexibility index (Phi) is 20.2. The molecule has 0 heterocycles. The number of likely N-dealkylation sites (N-methyl/N-ethyl adjacent to an activating group) is 1. The molecule has 0 amide bonds. The number of ether oxygens (including phenoxy) is 2. The lowest BCUT2D eigenvalue weighted by Gasteiger charge is -2.27. The van der Waals surface area contributed by atoms with Crippen LogP contribution in [0.4, 0.5) is 0 Å². The molecule has 0 radical (unpaired) electrons. The van der Waals surface area contributed by atoms with Gasteiger partial charge in [-0.2, -0.15) is 0 Å². The van der Waals surface area contributed by atoms with Crippen molar-refractivity contribution < 1.29 is 23.5 Å². The molecule has 0 N–H and O–H groups in total. The van der Waals surface area contributed by atoms with Gasteiger partial charge in [0, 0.05) is 12.2 Å². The summed E-state index contributed by atoms with van der Waals surface area (Å²) >= 11 is 0. The van der Waals surface area contributed by atoms with Crippen molar-refractivity contribution in [2.24, 2.45) is 0 Å². The van der Waals surface area contributed by atoms with Crippen LogP contribution in [0.25, 0.3) is 0 Å². The number of carbonyl (C=O) groups is 2. The highest BCUT2D eigenvalue weighted by atomic mass is 16.5. The number of unbranched alkanes of at least 4 members (excludes halogenated alkanes) is 13. The third-order valence-electron chi connectivity index (χ3n) is 5.66. The number of quaternary nitrogens is 1. The Morgan fingerprint density at radius 2 is 1.09 bits per heavy atom. The van der Waals surface area contributed by atoms with Crippen LogP contribution in [0.5, 0.6) is 0 Å². The topological polar surface area (TPSA) is 52.6 Å². The molecule has 0 aromatic carbocycles. The van der Waals surface area contributed by atoms with Crippen molar-refractivity contribution in [3.8, 4) is 0 Å². The zero-order valence-corrected chi connectivity index (χ0v) is 21.2. The van der Waals surface area contributed by atoms with Gasteiger partial charge in [0.15, 0.2) is 0 Å². The van der Waals surface area contributed by atoms with E-state index in [1.807, 2.05) is 20.2 Å². The van der Waals surface area contributed by atoms with Gasteiger partial charge in [-0.1, -0.05) is 97.0 Å². The first-order valence-electron chi connectivity index (χ1n) is 12.9. The summed E-state index contributed by atoms with van der Waals surface area (Å²) in [5.74, 6) is -1.00. The van der Waals surface area contributed by atoms with Crippen LogP contribution in [0.3, 0.4) is 0 Å². The molecule has 0 bridgehead atoms. The molecule has 32 heavy (non-hydrogen) atoms. The molecule has 0 fully saturated rings. The van der Waals surface area contributed by atoms with E-state index < -0.39 is 11.9 Å². The van der Waals surface area contributed by atoms with E-state index in [1.54, 1.807) is 0 Å². The molecule has 186 valence electrons. The lowest BCUT2D eigenvalue weighted by atomic mass is 10.0. The largest absolute Gasteiger partial charge is 0.463 e. The summed E-state index contributed by atoms with van der Waals surface area (Å²) in [4.78, 5) is 23.3. The molecule has 0 aliphatic heterocycles. The highest BCUT2D eigenvalue weighted by molar-refractivity contribution is 5.91. The average Bonchev–Trinajstić information content (AvgIpc) is 2.74. The first kappa shape index (κ1) is 30.4. The minimum Gasteiger partial charge on any atom is -0.463 e. The Hall–Kier alpha value is -1.62. The number of hydrogen-bond acceptors (Lipinski definition) is 4. The minimum absolute atomic E-state index is 0.304. The minimum atomic E-state index is -0.517. The van der Waals surface area contributed by atoms with E-state index >= 15 is 0 Å². The van der Waals surface area contributed by atoms with Gasteiger partial charge in [0.05, 0.1) is 27.2 Å². The summed E-state index contributed by atoms with van der Waals surface area (Å²) in [5.41, 5.74) is 0. The molecule has 5 heteroatoms. The van der Waals surface area contributed by atoms with Gasteiger partial charge in [-0.15, -0.1) is 0 Å². The van der Waals surface area contributed by atoms with E-state index in [0.29, 0.717) is 24.2 Å². The molecule has 0 saturated heterocycles. The maximum Gasteiger partial charge on any atom is 0.331 e. The molecular weight excluding hydrogens is 402 g/mol. The first-order valence-corrected chi connectivity index (χ1v) is 12.9. The lowest BCUT2D eigenvalue weighted by molar-refractivity contribution is -0.884. The monoisotopic (exact) mass is 452 g/mol. The number of carbonyl (C=O) groups excluding carboxylic acids is 2. The molecule has 5 nitrogen and oxygen atoms in total. The fraction of sp³-hybridized carbons (Fsp3) is 0.778. The molecular formula is C27H50NO4+. The summed E-state index contributed by atoms with van der Waals surface area (Å²) in [5, 5.41) is 0. The average molecular weight is 453 g/mol. The fourth-order valence-corrected chi connectivity index (χ4v) is 3.54. The standard InChI is InChI=1S/C27H50NO4/c1-5-7-8-9-10-11-12-13-14-15-16-17-18-19-24-31-26(29)20-21-27(30)32-25-23-28(3,4)22-6-2/h6,20-21H,2,5,7-19,22-25H2,1,3-4H3/q+1/b21-20-. The van der Waals surface area contributed by atoms with Crippen LogP contribution in [0, 0.1) is 0 Å². The third-order valence-corrected chi connectivity index (χ3v) is 5.66. The molecule has 0 rings (SSSR count). The number of esters is 2. The van der Waals surface area contributed by atoms with Crippen LogP contribution in [0.15, 0.2) is 24.8 Å². The summed E-state index contributed by atoms with van der Waals surface area (Å²) in [6, 6.07) is 0. The third kappa shape index (κ3) is 21.6. The normalized spacial score (nSPS) is 11.6. The van der Waals surface area contributed by atoms with Crippen LogP contribution < -0.4 is 0 Å². The molecule has 0 atom stereocenters. The molecule has 0 aliphatic carbocycles. The van der Waals surface area contributed by atoms with Crippen LogP contribution in [0.2, 0.25) is 0 Å². The summed E-state index contributed by atoms with van der Waals surface area (Å²) in [7, 11) is 4.08. The van der Waals surface area contributed by atoms with E-state index in [0.717, 1.165) is 31.5 Å². The van der Waals surface area contributed by atoms with Gasteiger partial charge >= 0.3 is 11.9 Å². The Morgan fingerprint density at radius 1 is 0.688 bits per heavy atom. The maximum absolute atomic E-state index is 11.7. The lowest BCUT2D eigenvalue weighted by Crippen LogP contribution is -2.42. The van der Waals surface area contributed by atoms with Crippen LogP contribution in [-0.2, 0) is 19.1 Å².